The number of thiazole rings is 1. The fourth-order valence-corrected chi connectivity index (χ4v) is 3.68. The molecular weight excluding hydrogens is 335 g/mol. The van der Waals surface area contributed by atoms with Crippen LogP contribution in [-0.4, -0.2) is 9.97 Å². The highest BCUT2D eigenvalue weighted by Crippen LogP contribution is 2.35. The number of allylic oxidation sites excluding steroid dienone is 1. The van der Waals surface area contributed by atoms with Gasteiger partial charge in [-0.2, -0.15) is 13.2 Å². The minimum Gasteiger partial charge on any atom is -0.371 e. The SMILES string of the molecule is CC1=CSC(c2cc(=O)cc(-c3nc(C(F)(F)F)cs3)[nH]2)N1. The molecule has 1 aliphatic rings. The monoisotopic (exact) mass is 345 g/mol. The lowest BCUT2D eigenvalue weighted by molar-refractivity contribution is -0.140. The summed E-state index contributed by atoms with van der Waals surface area (Å²) in [5, 5.41) is 6.00. The minimum atomic E-state index is -4.49. The van der Waals surface area contributed by atoms with Crippen LogP contribution < -0.4 is 10.7 Å². The summed E-state index contributed by atoms with van der Waals surface area (Å²) in [5.41, 5.74) is 0.623. The summed E-state index contributed by atoms with van der Waals surface area (Å²) in [4.78, 5) is 18.4. The van der Waals surface area contributed by atoms with E-state index in [4.69, 9.17) is 0 Å². The first kappa shape index (κ1) is 15.2. The lowest BCUT2D eigenvalue weighted by atomic mass is 10.3. The highest BCUT2D eigenvalue weighted by atomic mass is 32.2. The number of alkyl halides is 3. The summed E-state index contributed by atoms with van der Waals surface area (Å²) in [6.45, 7) is 1.89. The van der Waals surface area contributed by atoms with Crippen molar-refractivity contribution in [2.24, 2.45) is 0 Å². The van der Waals surface area contributed by atoms with Crippen LogP contribution in [0.3, 0.4) is 0 Å². The van der Waals surface area contributed by atoms with E-state index in [1.54, 1.807) is 0 Å². The molecule has 3 rings (SSSR count). The molecule has 1 aliphatic heterocycles. The number of pyridine rings is 1. The maximum atomic E-state index is 12.6. The molecule has 116 valence electrons. The fourth-order valence-electron chi connectivity index (χ4n) is 1.94. The zero-order valence-electron chi connectivity index (χ0n) is 11.2. The molecule has 4 nitrogen and oxygen atoms in total. The van der Waals surface area contributed by atoms with E-state index in [9.17, 15) is 18.0 Å². The van der Waals surface area contributed by atoms with E-state index in [0.717, 1.165) is 22.4 Å². The first-order valence-electron chi connectivity index (χ1n) is 6.19. The molecule has 22 heavy (non-hydrogen) atoms. The summed E-state index contributed by atoms with van der Waals surface area (Å²) >= 11 is 2.33. The Labute approximate surface area is 131 Å². The quantitative estimate of drug-likeness (QED) is 0.871. The van der Waals surface area contributed by atoms with Crippen LogP contribution in [0.2, 0.25) is 0 Å². The molecular formula is C13H10F3N3OS2. The molecule has 2 aromatic heterocycles. The second-order valence-electron chi connectivity index (χ2n) is 4.68. The zero-order valence-corrected chi connectivity index (χ0v) is 12.8. The Bertz CT molecular complexity index is 794. The average Bonchev–Trinajstić information content (AvgIpc) is 3.05. The Balaban J connectivity index is 1.96. The fraction of sp³-hybridized carbons (Fsp3) is 0.231. The van der Waals surface area contributed by atoms with Crippen LogP contribution in [0.4, 0.5) is 13.2 Å². The number of hydrogen-bond donors (Lipinski definition) is 2. The van der Waals surface area contributed by atoms with E-state index in [1.807, 2.05) is 12.3 Å². The Morgan fingerprint density at radius 1 is 1.32 bits per heavy atom. The van der Waals surface area contributed by atoms with Gasteiger partial charge in [-0.3, -0.25) is 4.79 Å². The lowest BCUT2D eigenvalue weighted by Crippen LogP contribution is -2.15. The van der Waals surface area contributed by atoms with Crippen LogP contribution in [0.1, 0.15) is 23.7 Å². The second kappa shape index (κ2) is 5.47. The van der Waals surface area contributed by atoms with Crippen molar-refractivity contribution in [3.63, 3.8) is 0 Å². The Morgan fingerprint density at radius 2 is 2.09 bits per heavy atom. The molecule has 0 radical (unpaired) electrons. The Morgan fingerprint density at radius 3 is 2.68 bits per heavy atom. The summed E-state index contributed by atoms with van der Waals surface area (Å²) in [6, 6.07) is 2.68. The number of H-pyrrole nitrogens is 1. The van der Waals surface area contributed by atoms with Crippen molar-refractivity contribution in [3.8, 4) is 10.7 Å². The predicted molar refractivity (Wildman–Crippen MR) is 80.4 cm³/mol. The molecule has 2 N–H and O–H groups in total. The van der Waals surface area contributed by atoms with Crippen molar-refractivity contribution in [3.05, 3.63) is 50.2 Å². The molecule has 0 spiro atoms. The van der Waals surface area contributed by atoms with Gasteiger partial charge in [-0.05, 0) is 12.3 Å². The van der Waals surface area contributed by atoms with Gasteiger partial charge < -0.3 is 10.3 Å². The van der Waals surface area contributed by atoms with E-state index in [1.165, 1.54) is 23.9 Å². The van der Waals surface area contributed by atoms with E-state index < -0.39 is 11.9 Å². The molecule has 0 amide bonds. The largest absolute Gasteiger partial charge is 0.434 e. The van der Waals surface area contributed by atoms with Gasteiger partial charge in [0.2, 0.25) is 0 Å². The van der Waals surface area contributed by atoms with E-state index in [0.29, 0.717) is 5.69 Å². The maximum Gasteiger partial charge on any atom is 0.434 e. The van der Waals surface area contributed by atoms with Gasteiger partial charge in [0, 0.05) is 23.2 Å². The smallest absolute Gasteiger partial charge is 0.371 e. The lowest BCUT2D eigenvalue weighted by Gasteiger charge is -2.12. The summed E-state index contributed by atoms with van der Waals surface area (Å²) in [6.07, 6.45) is -4.49. The van der Waals surface area contributed by atoms with Crippen LogP contribution in [0.5, 0.6) is 0 Å². The van der Waals surface area contributed by atoms with Gasteiger partial charge in [0.05, 0.1) is 11.4 Å². The standard InChI is InChI=1S/C13H10F3N3OS2/c1-6-4-21-11(17-6)8-2-7(20)3-9(18-8)12-19-10(5-22-12)13(14,15)16/h2-5,11,17H,1H3,(H,18,20). The van der Waals surface area contributed by atoms with Gasteiger partial charge in [0.15, 0.2) is 11.1 Å². The number of rotatable bonds is 2. The number of halogens is 3. The zero-order chi connectivity index (χ0) is 15.9. The van der Waals surface area contributed by atoms with Gasteiger partial charge in [0.25, 0.3) is 0 Å². The molecule has 2 aromatic rings. The number of hydrogen-bond acceptors (Lipinski definition) is 5. The number of aromatic nitrogens is 2. The topological polar surface area (TPSA) is 57.8 Å². The molecule has 0 fully saturated rings. The first-order valence-corrected chi connectivity index (χ1v) is 8.01. The third-order valence-corrected chi connectivity index (χ3v) is 4.92. The summed E-state index contributed by atoms with van der Waals surface area (Å²) in [5.74, 6) is 0. The van der Waals surface area contributed by atoms with Crippen molar-refractivity contribution < 1.29 is 13.2 Å². The van der Waals surface area contributed by atoms with Crippen molar-refractivity contribution in [1.29, 1.82) is 0 Å². The maximum absolute atomic E-state index is 12.6. The van der Waals surface area contributed by atoms with Crippen molar-refractivity contribution in [2.75, 3.05) is 0 Å². The van der Waals surface area contributed by atoms with Crippen LogP contribution in [0, 0.1) is 0 Å². The average molecular weight is 345 g/mol. The van der Waals surface area contributed by atoms with Gasteiger partial charge in [-0.1, -0.05) is 0 Å². The summed E-state index contributed by atoms with van der Waals surface area (Å²) in [7, 11) is 0. The molecule has 0 aliphatic carbocycles. The molecule has 1 unspecified atom stereocenters. The van der Waals surface area contributed by atoms with Crippen molar-refractivity contribution >= 4 is 23.1 Å². The first-order chi connectivity index (χ1) is 10.3. The molecule has 0 aromatic carbocycles. The minimum absolute atomic E-state index is 0.138. The molecule has 0 saturated heterocycles. The predicted octanol–water partition coefficient (Wildman–Crippen LogP) is 3.71. The number of nitrogens with zero attached hydrogens (tertiary/aromatic N) is 1. The van der Waals surface area contributed by atoms with Gasteiger partial charge >= 0.3 is 6.18 Å². The Hall–Kier alpha value is -1.74. The normalized spacial score (nSPS) is 18.2. The highest BCUT2D eigenvalue weighted by molar-refractivity contribution is 8.02. The van der Waals surface area contributed by atoms with E-state index >= 15 is 0 Å². The molecule has 0 bridgehead atoms. The number of aromatic amines is 1. The highest BCUT2D eigenvalue weighted by Gasteiger charge is 2.34. The Kier molecular flexibility index (Phi) is 3.77. The molecule has 0 saturated carbocycles. The van der Waals surface area contributed by atoms with Crippen LogP contribution in [-0.2, 0) is 6.18 Å². The van der Waals surface area contributed by atoms with Crippen LogP contribution in [0.15, 0.2) is 33.4 Å². The van der Waals surface area contributed by atoms with Gasteiger partial charge in [0.1, 0.15) is 10.4 Å². The van der Waals surface area contributed by atoms with Gasteiger partial charge in [-0.15, -0.1) is 23.1 Å². The summed E-state index contributed by atoms with van der Waals surface area (Å²) < 4.78 is 37.8. The molecule has 9 heteroatoms. The third kappa shape index (κ3) is 3.05. The van der Waals surface area contributed by atoms with Crippen LogP contribution in [0.25, 0.3) is 10.7 Å². The van der Waals surface area contributed by atoms with Crippen LogP contribution >= 0.6 is 23.1 Å². The third-order valence-electron chi connectivity index (χ3n) is 2.91. The second-order valence-corrected chi connectivity index (χ2v) is 6.52. The molecule has 1 atom stereocenters. The van der Waals surface area contributed by atoms with E-state index in [2.05, 4.69) is 15.3 Å². The number of nitrogens with one attached hydrogen (secondary N) is 2. The number of thioether (sulfide) groups is 1. The van der Waals surface area contributed by atoms with Crippen molar-refractivity contribution in [2.45, 2.75) is 18.5 Å². The van der Waals surface area contributed by atoms with Gasteiger partial charge in [-0.25, -0.2) is 4.98 Å². The van der Waals surface area contributed by atoms with E-state index in [-0.39, 0.29) is 21.5 Å². The molecule has 3 heterocycles. The van der Waals surface area contributed by atoms with Crippen molar-refractivity contribution in [1.82, 2.24) is 15.3 Å².